The maximum Gasteiger partial charge on any atom is 0.251 e. The van der Waals surface area contributed by atoms with Crippen LogP contribution in [0.5, 0.6) is 0 Å². The van der Waals surface area contributed by atoms with E-state index in [1.807, 2.05) is 17.3 Å². The minimum Gasteiger partial charge on any atom is -0.319 e. The van der Waals surface area contributed by atoms with Gasteiger partial charge in [-0.25, -0.2) is 0 Å². The van der Waals surface area contributed by atoms with E-state index in [1.165, 1.54) is 0 Å². The minimum atomic E-state index is 0.00694. The second-order valence-electron chi connectivity index (χ2n) is 4.00. The molecule has 1 rings (SSSR count). The Morgan fingerprint density at radius 3 is 2.76 bits per heavy atom. The third-order valence-electron chi connectivity index (χ3n) is 2.49. The van der Waals surface area contributed by atoms with Crippen LogP contribution in [0.4, 0.5) is 5.82 Å². The lowest BCUT2D eigenvalue weighted by Crippen LogP contribution is -2.29. The van der Waals surface area contributed by atoms with Gasteiger partial charge in [0.05, 0.1) is 6.34 Å². The van der Waals surface area contributed by atoms with E-state index < -0.39 is 0 Å². The van der Waals surface area contributed by atoms with Crippen LogP contribution in [-0.2, 0) is 7.05 Å². The molecule has 0 saturated heterocycles. The molecule has 0 aliphatic heterocycles. The van der Waals surface area contributed by atoms with E-state index in [9.17, 15) is 4.79 Å². The van der Waals surface area contributed by atoms with Crippen molar-refractivity contribution in [1.82, 2.24) is 4.57 Å². The van der Waals surface area contributed by atoms with Crippen molar-refractivity contribution in [3.8, 4) is 0 Å². The topological polar surface area (TPSA) is 37.6 Å². The first-order valence-corrected chi connectivity index (χ1v) is 6.13. The molecule has 4 nitrogen and oxygen atoms in total. The van der Waals surface area contributed by atoms with Crippen LogP contribution in [0.1, 0.15) is 26.7 Å². The van der Waals surface area contributed by atoms with Crippen molar-refractivity contribution in [2.75, 3.05) is 18.0 Å². The highest BCUT2D eigenvalue weighted by Crippen LogP contribution is 2.09. The summed E-state index contributed by atoms with van der Waals surface area (Å²) in [6, 6.07) is 5.29. The summed E-state index contributed by atoms with van der Waals surface area (Å²) in [4.78, 5) is 17.9. The van der Waals surface area contributed by atoms with Crippen LogP contribution in [0.15, 0.2) is 28.0 Å². The fourth-order valence-corrected chi connectivity index (χ4v) is 1.60. The quantitative estimate of drug-likeness (QED) is 0.559. The van der Waals surface area contributed by atoms with Crippen LogP contribution in [0.3, 0.4) is 0 Å². The molecule has 1 aromatic heterocycles. The Labute approximate surface area is 103 Å². The Kier molecular flexibility index (Phi) is 5.46. The number of rotatable bonds is 6. The lowest BCUT2D eigenvalue weighted by molar-refractivity contribution is 0.804. The van der Waals surface area contributed by atoms with Gasteiger partial charge in [0.1, 0.15) is 5.82 Å². The van der Waals surface area contributed by atoms with Crippen molar-refractivity contribution in [3.05, 3.63) is 28.6 Å². The number of hydrogen-bond donors (Lipinski definition) is 0. The summed E-state index contributed by atoms with van der Waals surface area (Å²) in [7, 11) is 1.79. The van der Waals surface area contributed by atoms with E-state index in [0.717, 1.165) is 31.7 Å². The lowest BCUT2D eigenvalue weighted by Gasteiger charge is -2.21. The third-order valence-corrected chi connectivity index (χ3v) is 2.49. The van der Waals surface area contributed by atoms with E-state index in [0.29, 0.717) is 0 Å². The molecule has 0 N–H and O–H groups in total. The number of aliphatic imine (C=N–C) groups is 1. The second kappa shape index (κ2) is 6.89. The number of hydrogen-bond acceptors (Lipinski definition) is 2. The zero-order chi connectivity index (χ0) is 12.7. The standard InChI is InChI=1S/C13H21N3O/c1-4-9-14-11-16(10-5-2)12-7-6-8-13(17)15(12)3/h6-8,11H,4-5,9-10H2,1-3H3. The average Bonchev–Trinajstić information content (AvgIpc) is 2.32. The third kappa shape index (κ3) is 3.73. The first-order chi connectivity index (χ1) is 8.20. The number of nitrogens with zero attached hydrogens (tertiary/aromatic N) is 3. The molecule has 0 atom stereocenters. The highest BCUT2D eigenvalue weighted by molar-refractivity contribution is 5.77. The SMILES string of the molecule is CCCN=CN(CCC)c1cccc(=O)n1C. The van der Waals surface area contributed by atoms with Gasteiger partial charge in [-0.2, -0.15) is 0 Å². The number of anilines is 1. The van der Waals surface area contributed by atoms with E-state index in [-0.39, 0.29) is 5.56 Å². The van der Waals surface area contributed by atoms with Crippen LogP contribution >= 0.6 is 0 Å². The molecule has 0 amide bonds. The van der Waals surface area contributed by atoms with E-state index in [4.69, 9.17) is 0 Å². The van der Waals surface area contributed by atoms with E-state index in [2.05, 4.69) is 18.8 Å². The van der Waals surface area contributed by atoms with Gasteiger partial charge in [-0.3, -0.25) is 14.4 Å². The molecule has 1 aromatic rings. The van der Waals surface area contributed by atoms with E-state index in [1.54, 1.807) is 23.7 Å². The molecule has 0 radical (unpaired) electrons. The van der Waals surface area contributed by atoms with Crippen LogP contribution in [0.25, 0.3) is 0 Å². The van der Waals surface area contributed by atoms with Crippen molar-refractivity contribution in [1.29, 1.82) is 0 Å². The zero-order valence-corrected chi connectivity index (χ0v) is 10.9. The summed E-state index contributed by atoms with van der Waals surface area (Å²) in [6.07, 6.45) is 3.88. The van der Waals surface area contributed by atoms with Crippen molar-refractivity contribution in [2.24, 2.45) is 12.0 Å². The maximum absolute atomic E-state index is 11.6. The van der Waals surface area contributed by atoms with Crippen LogP contribution in [0.2, 0.25) is 0 Å². The van der Waals surface area contributed by atoms with Gasteiger partial charge in [0, 0.05) is 26.2 Å². The predicted molar refractivity (Wildman–Crippen MR) is 73.0 cm³/mol. The monoisotopic (exact) mass is 235 g/mol. The largest absolute Gasteiger partial charge is 0.319 e. The van der Waals surface area contributed by atoms with Gasteiger partial charge in [0.2, 0.25) is 0 Å². The van der Waals surface area contributed by atoms with Gasteiger partial charge in [0.25, 0.3) is 5.56 Å². The smallest absolute Gasteiger partial charge is 0.251 e. The summed E-state index contributed by atoms with van der Waals surface area (Å²) in [5.74, 6) is 0.888. The molecule has 17 heavy (non-hydrogen) atoms. The average molecular weight is 235 g/mol. The van der Waals surface area contributed by atoms with Gasteiger partial charge < -0.3 is 4.90 Å². The molecule has 0 aliphatic rings. The number of pyridine rings is 1. The summed E-state index contributed by atoms with van der Waals surface area (Å²) in [5, 5.41) is 0. The Balaban J connectivity index is 2.96. The summed E-state index contributed by atoms with van der Waals surface area (Å²) >= 11 is 0. The Morgan fingerprint density at radius 2 is 2.12 bits per heavy atom. The Bertz CT molecular complexity index is 423. The van der Waals surface area contributed by atoms with Crippen molar-refractivity contribution >= 4 is 12.2 Å². The molecular weight excluding hydrogens is 214 g/mol. The molecule has 0 saturated carbocycles. The molecule has 0 unspecified atom stereocenters. The first-order valence-electron chi connectivity index (χ1n) is 6.13. The van der Waals surface area contributed by atoms with Gasteiger partial charge in [-0.15, -0.1) is 0 Å². The fraction of sp³-hybridized carbons (Fsp3) is 0.538. The van der Waals surface area contributed by atoms with Crippen LogP contribution < -0.4 is 10.5 Å². The van der Waals surface area contributed by atoms with Gasteiger partial charge >= 0.3 is 0 Å². The number of aromatic nitrogens is 1. The summed E-state index contributed by atoms with van der Waals surface area (Å²) in [6.45, 7) is 5.90. The highest BCUT2D eigenvalue weighted by Gasteiger charge is 2.06. The summed E-state index contributed by atoms with van der Waals surface area (Å²) < 4.78 is 1.65. The molecular formula is C13H21N3O. The molecule has 4 heteroatoms. The van der Waals surface area contributed by atoms with E-state index >= 15 is 0 Å². The normalized spacial score (nSPS) is 11.0. The first kappa shape index (κ1) is 13.5. The molecule has 0 bridgehead atoms. The Morgan fingerprint density at radius 1 is 1.35 bits per heavy atom. The van der Waals surface area contributed by atoms with Gasteiger partial charge in [-0.05, 0) is 18.9 Å². The zero-order valence-electron chi connectivity index (χ0n) is 10.9. The fourth-order valence-electron chi connectivity index (χ4n) is 1.60. The van der Waals surface area contributed by atoms with Crippen LogP contribution in [-0.4, -0.2) is 24.0 Å². The van der Waals surface area contributed by atoms with Gasteiger partial charge in [0.15, 0.2) is 0 Å². The van der Waals surface area contributed by atoms with Gasteiger partial charge in [-0.1, -0.05) is 19.9 Å². The van der Waals surface area contributed by atoms with Crippen molar-refractivity contribution < 1.29 is 0 Å². The minimum absolute atomic E-state index is 0.00694. The second-order valence-corrected chi connectivity index (χ2v) is 4.00. The van der Waals surface area contributed by atoms with Crippen molar-refractivity contribution in [2.45, 2.75) is 26.7 Å². The summed E-state index contributed by atoms with van der Waals surface area (Å²) in [5.41, 5.74) is 0.00694. The predicted octanol–water partition coefficient (Wildman–Crippen LogP) is 2.04. The Hall–Kier alpha value is -1.58. The lowest BCUT2D eigenvalue weighted by atomic mass is 10.4. The van der Waals surface area contributed by atoms with Crippen molar-refractivity contribution in [3.63, 3.8) is 0 Å². The molecule has 1 heterocycles. The molecule has 0 fully saturated rings. The molecule has 0 aliphatic carbocycles. The molecule has 0 spiro atoms. The van der Waals surface area contributed by atoms with Crippen LogP contribution in [0, 0.1) is 0 Å². The maximum atomic E-state index is 11.6. The molecule has 94 valence electrons. The highest BCUT2D eigenvalue weighted by atomic mass is 16.1. The molecule has 0 aromatic carbocycles.